The van der Waals surface area contributed by atoms with Crippen molar-refractivity contribution in [2.45, 2.75) is 26.3 Å². The maximum atomic E-state index is 12.2. The topological polar surface area (TPSA) is 85.1 Å². The summed E-state index contributed by atoms with van der Waals surface area (Å²) in [6.45, 7) is 3.14. The number of fused-ring (bicyclic) bond motifs is 1. The Morgan fingerprint density at radius 2 is 2.07 bits per heavy atom. The molecule has 1 heterocycles. The van der Waals surface area contributed by atoms with Crippen LogP contribution in [0.15, 0.2) is 53.8 Å². The van der Waals surface area contributed by atoms with E-state index < -0.39 is 0 Å². The first-order valence-corrected chi connectivity index (χ1v) is 9.90. The number of rotatable bonds is 10. The highest BCUT2D eigenvalue weighted by molar-refractivity contribution is 5.85. The molecule has 0 atom stereocenters. The van der Waals surface area contributed by atoms with Gasteiger partial charge in [-0.2, -0.15) is 5.10 Å². The molecule has 0 saturated carbocycles. The number of carbonyl (C=O) groups excluding carboxylic acids is 1. The number of hydrogen-bond donors (Lipinski definition) is 2. The van der Waals surface area contributed by atoms with Gasteiger partial charge in [0.2, 0.25) is 5.91 Å². The number of methoxy groups -OCH3 is 1. The van der Waals surface area contributed by atoms with Crippen molar-refractivity contribution in [2.24, 2.45) is 5.10 Å². The van der Waals surface area contributed by atoms with Gasteiger partial charge in [-0.05, 0) is 42.3 Å². The van der Waals surface area contributed by atoms with Gasteiger partial charge in [0.05, 0.1) is 19.9 Å². The molecule has 0 radical (unpaired) electrons. The van der Waals surface area contributed by atoms with Crippen molar-refractivity contribution in [1.29, 1.82) is 0 Å². The lowest BCUT2D eigenvalue weighted by atomic mass is 10.2. The molecule has 0 saturated heterocycles. The summed E-state index contributed by atoms with van der Waals surface area (Å²) in [5.74, 6) is 1.01. The fourth-order valence-corrected chi connectivity index (χ4v) is 3.20. The van der Waals surface area contributed by atoms with Crippen molar-refractivity contribution in [2.75, 3.05) is 20.3 Å². The zero-order valence-corrected chi connectivity index (χ0v) is 17.3. The van der Waals surface area contributed by atoms with Crippen molar-refractivity contribution < 1.29 is 19.4 Å². The summed E-state index contributed by atoms with van der Waals surface area (Å²) in [6.07, 6.45) is 4.51. The van der Waals surface area contributed by atoms with E-state index in [1.54, 1.807) is 25.5 Å². The molecule has 3 aromatic rings. The van der Waals surface area contributed by atoms with Crippen molar-refractivity contribution >= 4 is 23.0 Å². The lowest BCUT2D eigenvalue weighted by molar-refractivity contribution is -0.121. The van der Waals surface area contributed by atoms with Crippen LogP contribution in [0, 0.1) is 6.92 Å². The second-order valence-corrected chi connectivity index (χ2v) is 6.90. The van der Waals surface area contributed by atoms with Crippen LogP contribution in [-0.2, 0) is 11.3 Å². The molecule has 158 valence electrons. The molecule has 0 fully saturated rings. The van der Waals surface area contributed by atoms with E-state index in [-0.39, 0.29) is 12.5 Å². The number of hydrogen-bond acceptors (Lipinski definition) is 5. The molecule has 1 aromatic heterocycles. The second-order valence-electron chi connectivity index (χ2n) is 6.90. The van der Waals surface area contributed by atoms with Crippen LogP contribution in [0.3, 0.4) is 0 Å². The second kappa shape index (κ2) is 10.5. The maximum absolute atomic E-state index is 12.2. The van der Waals surface area contributed by atoms with Crippen molar-refractivity contribution in [3.05, 3.63) is 59.8 Å². The van der Waals surface area contributed by atoms with Crippen LogP contribution in [0.4, 0.5) is 0 Å². The molecule has 0 aliphatic rings. The third kappa shape index (κ3) is 5.39. The minimum Gasteiger partial charge on any atom is -0.493 e. The Kier molecular flexibility index (Phi) is 7.45. The number of ether oxygens (including phenoxy) is 2. The summed E-state index contributed by atoms with van der Waals surface area (Å²) >= 11 is 0. The summed E-state index contributed by atoms with van der Waals surface area (Å²) in [5, 5.41) is 14.1. The molecule has 1 amide bonds. The fourth-order valence-electron chi connectivity index (χ4n) is 3.20. The van der Waals surface area contributed by atoms with Gasteiger partial charge in [0.1, 0.15) is 0 Å². The van der Waals surface area contributed by atoms with E-state index in [2.05, 4.69) is 40.3 Å². The number of nitrogens with zero attached hydrogens (tertiary/aromatic N) is 2. The van der Waals surface area contributed by atoms with Gasteiger partial charge in [0.25, 0.3) is 0 Å². The third-order valence-electron chi connectivity index (χ3n) is 4.72. The number of amides is 1. The molecule has 0 aliphatic heterocycles. The first kappa shape index (κ1) is 21.4. The Hall–Kier alpha value is -3.32. The Balaban J connectivity index is 1.53. The molecule has 2 N–H and O–H groups in total. The van der Waals surface area contributed by atoms with E-state index >= 15 is 0 Å². The molecule has 7 heteroatoms. The van der Waals surface area contributed by atoms with E-state index in [0.717, 1.165) is 11.1 Å². The molecule has 2 aromatic carbocycles. The van der Waals surface area contributed by atoms with Gasteiger partial charge in [-0.25, -0.2) is 5.43 Å². The van der Waals surface area contributed by atoms with E-state index in [1.807, 2.05) is 18.2 Å². The quantitative estimate of drug-likeness (QED) is 0.306. The molecule has 0 unspecified atom stereocenters. The van der Waals surface area contributed by atoms with Crippen LogP contribution in [0.1, 0.15) is 24.0 Å². The number of aryl methyl sites for hydroxylation is 2. The monoisotopic (exact) mass is 409 g/mol. The first-order chi connectivity index (χ1) is 14.6. The average molecular weight is 409 g/mol. The Bertz CT molecular complexity index is 1030. The highest BCUT2D eigenvalue weighted by Gasteiger charge is 2.07. The van der Waals surface area contributed by atoms with E-state index in [4.69, 9.17) is 14.6 Å². The van der Waals surface area contributed by atoms with Crippen LogP contribution in [0.2, 0.25) is 0 Å². The van der Waals surface area contributed by atoms with Crippen LogP contribution < -0.4 is 14.9 Å². The molecule has 7 nitrogen and oxygen atoms in total. The summed E-state index contributed by atoms with van der Waals surface area (Å²) in [4.78, 5) is 12.2. The van der Waals surface area contributed by atoms with Crippen LogP contribution in [0.25, 0.3) is 10.9 Å². The van der Waals surface area contributed by atoms with Crippen molar-refractivity contribution in [3.63, 3.8) is 0 Å². The van der Waals surface area contributed by atoms with E-state index in [0.29, 0.717) is 37.5 Å². The zero-order valence-electron chi connectivity index (χ0n) is 17.3. The maximum Gasteiger partial charge on any atom is 0.241 e. The van der Waals surface area contributed by atoms with E-state index in [1.165, 1.54) is 10.9 Å². The first-order valence-electron chi connectivity index (χ1n) is 9.90. The largest absolute Gasteiger partial charge is 0.493 e. The standard InChI is InChI=1S/C23H27N3O4/c1-17-16-26(20-7-4-3-6-19(17)20)11-10-23(28)25-24-15-18-8-9-21(22(14-18)29-2)30-13-5-12-27/h3-4,6-9,14-16,27H,5,10-13H2,1-2H3,(H,25,28). The molecular weight excluding hydrogens is 382 g/mol. The number of hydrazone groups is 1. The number of aliphatic hydroxyl groups excluding tert-OH is 1. The number of para-hydroxylation sites is 1. The smallest absolute Gasteiger partial charge is 0.241 e. The number of aliphatic hydroxyl groups is 1. The number of aromatic nitrogens is 1. The SMILES string of the molecule is COc1cc(C=NNC(=O)CCn2cc(C)c3ccccc32)ccc1OCCCO. The summed E-state index contributed by atoms with van der Waals surface area (Å²) < 4.78 is 13.0. The van der Waals surface area contributed by atoms with Gasteiger partial charge >= 0.3 is 0 Å². The van der Waals surface area contributed by atoms with Gasteiger partial charge < -0.3 is 19.1 Å². The lowest BCUT2D eigenvalue weighted by Crippen LogP contribution is -2.19. The molecular formula is C23H27N3O4. The summed E-state index contributed by atoms with van der Waals surface area (Å²) in [5.41, 5.74) is 5.66. The van der Waals surface area contributed by atoms with Crippen LogP contribution in [-0.4, -0.2) is 42.1 Å². The minimum atomic E-state index is -0.155. The van der Waals surface area contributed by atoms with Gasteiger partial charge in [-0.15, -0.1) is 0 Å². The highest BCUT2D eigenvalue weighted by atomic mass is 16.5. The summed E-state index contributed by atoms with van der Waals surface area (Å²) in [7, 11) is 1.56. The number of nitrogens with one attached hydrogen (secondary N) is 1. The Morgan fingerprint density at radius 3 is 2.87 bits per heavy atom. The van der Waals surface area contributed by atoms with Crippen molar-refractivity contribution in [3.8, 4) is 11.5 Å². The average Bonchev–Trinajstić information content (AvgIpc) is 3.09. The molecule has 0 aliphatic carbocycles. The molecule has 0 bridgehead atoms. The third-order valence-corrected chi connectivity index (χ3v) is 4.72. The Morgan fingerprint density at radius 1 is 1.23 bits per heavy atom. The Labute approximate surface area is 175 Å². The lowest BCUT2D eigenvalue weighted by Gasteiger charge is -2.10. The number of carbonyl (C=O) groups is 1. The molecule has 3 rings (SSSR count). The van der Waals surface area contributed by atoms with Gasteiger partial charge in [0.15, 0.2) is 11.5 Å². The predicted molar refractivity (Wildman–Crippen MR) is 117 cm³/mol. The minimum absolute atomic E-state index is 0.0763. The van der Waals surface area contributed by atoms with Crippen LogP contribution in [0.5, 0.6) is 11.5 Å². The van der Waals surface area contributed by atoms with Crippen molar-refractivity contribution in [1.82, 2.24) is 9.99 Å². The van der Waals surface area contributed by atoms with Gasteiger partial charge in [-0.3, -0.25) is 4.79 Å². The number of benzene rings is 2. The predicted octanol–water partition coefficient (Wildman–Crippen LogP) is 3.26. The zero-order chi connectivity index (χ0) is 21.3. The fraction of sp³-hybridized carbons (Fsp3) is 0.304. The normalized spacial score (nSPS) is 11.2. The van der Waals surface area contributed by atoms with E-state index in [9.17, 15) is 4.79 Å². The highest BCUT2D eigenvalue weighted by Crippen LogP contribution is 2.27. The summed E-state index contributed by atoms with van der Waals surface area (Å²) in [6, 6.07) is 13.5. The molecule has 30 heavy (non-hydrogen) atoms. The van der Waals surface area contributed by atoms with Gasteiger partial charge in [0, 0.05) is 43.1 Å². The van der Waals surface area contributed by atoms with Crippen LogP contribution >= 0.6 is 0 Å². The molecule has 0 spiro atoms. The van der Waals surface area contributed by atoms with Gasteiger partial charge in [-0.1, -0.05) is 18.2 Å².